The van der Waals surface area contributed by atoms with Gasteiger partial charge >= 0.3 is 0 Å². The predicted molar refractivity (Wildman–Crippen MR) is 131 cm³/mol. The van der Waals surface area contributed by atoms with Crippen molar-refractivity contribution in [1.82, 2.24) is 14.7 Å². The van der Waals surface area contributed by atoms with Crippen LogP contribution in [0.3, 0.4) is 0 Å². The minimum atomic E-state index is -0.596. The number of thioether (sulfide) groups is 1. The van der Waals surface area contributed by atoms with Gasteiger partial charge in [-0.05, 0) is 29.7 Å². The van der Waals surface area contributed by atoms with E-state index in [0.717, 1.165) is 21.8 Å². The minimum Gasteiger partial charge on any atom is -0.502 e. The van der Waals surface area contributed by atoms with Crippen LogP contribution < -0.4 is 10.4 Å². The van der Waals surface area contributed by atoms with Crippen molar-refractivity contribution in [3.8, 4) is 5.75 Å². The first-order chi connectivity index (χ1) is 17.0. The van der Waals surface area contributed by atoms with Gasteiger partial charge in [0.25, 0.3) is 5.91 Å². The quantitative estimate of drug-likeness (QED) is 0.471. The van der Waals surface area contributed by atoms with Crippen molar-refractivity contribution in [3.05, 3.63) is 111 Å². The maximum absolute atomic E-state index is 13.5. The largest absolute Gasteiger partial charge is 0.502 e. The van der Waals surface area contributed by atoms with Crippen LogP contribution in [-0.4, -0.2) is 32.4 Å². The smallest absolute Gasteiger partial charge is 0.278 e. The first-order valence-corrected chi connectivity index (χ1v) is 12.2. The van der Waals surface area contributed by atoms with E-state index in [9.17, 15) is 14.7 Å². The molecule has 9 heteroatoms. The maximum Gasteiger partial charge on any atom is 0.278 e. The van der Waals surface area contributed by atoms with E-state index in [4.69, 9.17) is 4.52 Å². The van der Waals surface area contributed by atoms with Gasteiger partial charge in [0.1, 0.15) is 18.1 Å². The van der Waals surface area contributed by atoms with Gasteiger partial charge in [0.15, 0.2) is 11.4 Å². The van der Waals surface area contributed by atoms with Crippen LogP contribution in [0.4, 0.5) is 0 Å². The molecule has 1 unspecified atom stereocenters. The van der Waals surface area contributed by atoms with Crippen molar-refractivity contribution in [1.29, 1.82) is 0 Å². The highest BCUT2D eigenvalue weighted by molar-refractivity contribution is 7.98. The third-order valence-electron chi connectivity index (χ3n) is 6.41. The zero-order valence-electron chi connectivity index (χ0n) is 18.9. The van der Waals surface area contributed by atoms with Gasteiger partial charge in [-0.1, -0.05) is 47.6 Å². The Morgan fingerprint density at radius 3 is 2.66 bits per heavy atom. The van der Waals surface area contributed by atoms with E-state index in [1.54, 1.807) is 40.5 Å². The topological polar surface area (TPSA) is 91.8 Å². The Kier molecular flexibility index (Phi) is 5.14. The van der Waals surface area contributed by atoms with E-state index in [2.05, 4.69) is 29.4 Å². The van der Waals surface area contributed by atoms with Gasteiger partial charge in [-0.3, -0.25) is 19.3 Å². The Morgan fingerprint density at radius 1 is 1.09 bits per heavy atom. The fourth-order valence-electron chi connectivity index (χ4n) is 4.82. The predicted octanol–water partition coefficient (Wildman–Crippen LogP) is 3.80. The number of aromatic hydroxyl groups is 1. The molecule has 1 atom stereocenters. The molecule has 6 rings (SSSR count). The van der Waals surface area contributed by atoms with Gasteiger partial charge in [-0.25, -0.2) is 0 Å². The Hall–Kier alpha value is -3.98. The lowest BCUT2D eigenvalue weighted by Crippen LogP contribution is -2.55. The van der Waals surface area contributed by atoms with Gasteiger partial charge < -0.3 is 14.5 Å². The molecule has 1 N–H and O–H groups in total. The molecule has 4 heterocycles. The number of fused-ring (bicyclic) bond motifs is 3. The monoisotopic (exact) mass is 486 g/mol. The molecule has 1 amide bonds. The Labute approximate surface area is 205 Å². The van der Waals surface area contributed by atoms with E-state index < -0.39 is 17.1 Å². The van der Waals surface area contributed by atoms with Gasteiger partial charge in [-0.15, -0.1) is 11.8 Å². The van der Waals surface area contributed by atoms with Crippen LogP contribution in [0.5, 0.6) is 5.75 Å². The SMILES string of the molecule is Cc1cc(CN2CN(C3c4ccccc4CSc4ccccc43)n3ccc(=O)c(O)c3C2=O)no1. The first kappa shape index (κ1) is 21.5. The molecule has 0 saturated carbocycles. The molecule has 0 saturated heterocycles. The van der Waals surface area contributed by atoms with E-state index in [1.807, 2.05) is 29.3 Å². The van der Waals surface area contributed by atoms with Crippen molar-refractivity contribution >= 4 is 17.7 Å². The van der Waals surface area contributed by atoms with Crippen LogP contribution in [-0.2, 0) is 12.3 Å². The molecule has 2 aliphatic rings. The van der Waals surface area contributed by atoms with Crippen molar-refractivity contribution in [2.45, 2.75) is 30.2 Å². The summed E-state index contributed by atoms with van der Waals surface area (Å²) >= 11 is 1.78. The zero-order valence-corrected chi connectivity index (χ0v) is 19.7. The highest BCUT2D eigenvalue weighted by Gasteiger charge is 2.38. The van der Waals surface area contributed by atoms with Crippen LogP contribution >= 0.6 is 11.8 Å². The molecule has 8 nitrogen and oxygen atoms in total. The molecule has 0 spiro atoms. The minimum absolute atomic E-state index is 0.0594. The molecular weight excluding hydrogens is 464 g/mol. The molecule has 176 valence electrons. The number of pyridine rings is 1. The summed E-state index contributed by atoms with van der Waals surface area (Å²) in [6.45, 7) is 2.19. The summed E-state index contributed by atoms with van der Waals surface area (Å²) in [5.41, 5.74) is 3.34. The van der Waals surface area contributed by atoms with E-state index in [1.165, 1.54) is 11.6 Å². The number of hydrogen-bond donors (Lipinski definition) is 1. The second-order valence-electron chi connectivity index (χ2n) is 8.66. The Morgan fingerprint density at radius 2 is 1.86 bits per heavy atom. The lowest BCUT2D eigenvalue weighted by Gasteiger charge is -2.44. The third-order valence-corrected chi connectivity index (χ3v) is 7.55. The number of benzene rings is 2. The average molecular weight is 487 g/mol. The number of rotatable bonds is 3. The van der Waals surface area contributed by atoms with Gasteiger partial charge in [-0.2, -0.15) is 0 Å². The summed E-state index contributed by atoms with van der Waals surface area (Å²) in [5, 5.41) is 16.8. The number of aryl methyl sites for hydroxylation is 1. The second kappa shape index (κ2) is 8.35. The van der Waals surface area contributed by atoms with Crippen molar-refractivity contribution in [2.24, 2.45) is 0 Å². The molecule has 35 heavy (non-hydrogen) atoms. The van der Waals surface area contributed by atoms with Gasteiger partial charge in [0.2, 0.25) is 5.43 Å². The van der Waals surface area contributed by atoms with E-state index >= 15 is 0 Å². The molecule has 0 aliphatic carbocycles. The summed E-state index contributed by atoms with van der Waals surface area (Å²) in [6.07, 6.45) is 1.57. The summed E-state index contributed by atoms with van der Waals surface area (Å²) in [7, 11) is 0. The number of aromatic nitrogens is 2. The molecule has 0 radical (unpaired) electrons. The van der Waals surface area contributed by atoms with Crippen LogP contribution in [0, 0.1) is 6.92 Å². The van der Waals surface area contributed by atoms with Crippen LogP contribution in [0.25, 0.3) is 0 Å². The standard InChI is InChI=1S/C26H22N4O4S/c1-16-12-18(27-34-16)13-28-15-30(29-11-10-21(31)25(32)24(29)26(28)33)23-19-7-3-2-6-17(19)14-35-22-9-5-4-8-20(22)23/h2-12,23,32H,13-15H2,1H3. The number of hydrogen-bond acceptors (Lipinski definition) is 7. The maximum atomic E-state index is 13.5. The zero-order chi connectivity index (χ0) is 24.1. The van der Waals surface area contributed by atoms with Crippen molar-refractivity contribution in [2.75, 3.05) is 11.7 Å². The number of carbonyl (C=O) groups is 1. The Balaban J connectivity index is 1.55. The molecule has 2 aliphatic heterocycles. The molecule has 4 aromatic rings. The molecule has 2 aromatic carbocycles. The normalized spacial score (nSPS) is 16.9. The summed E-state index contributed by atoms with van der Waals surface area (Å²) < 4.78 is 6.82. The van der Waals surface area contributed by atoms with Crippen LogP contribution in [0.1, 0.15) is 44.7 Å². The van der Waals surface area contributed by atoms with Gasteiger partial charge in [0.05, 0.1) is 12.6 Å². The molecule has 0 fully saturated rings. The lowest BCUT2D eigenvalue weighted by atomic mass is 9.94. The highest BCUT2D eigenvalue weighted by Crippen LogP contribution is 2.42. The number of carbonyl (C=O) groups excluding carboxylic acids is 1. The lowest BCUT2D eigenvalue weighted by molar-refractivity contribution is 0.0660. The van der Waals surface area contributed by atoms with Crippen LogP contribution in [0.15, 0.2) is 81.1 Å². The summed E-state index contributed by atoms with van der Waals surface area (Å²) in [4.78, 5) is 28.6. The third kappa shape index (κ3) is 3.59. The molecule has 2 aromatic heterocycles. The van der Waals surface area contributed by atoms with Crippen molar-refractivity contribution < 1.29 is 14.4 Å². The molecule has 0 bridgehead atoms. The molecular formula is C26H22N4O4S. The summed E-state index contributed by atoms with van der Waals surface area (Å²) in [5.74, 6) is 0.458. The number of amides is 1. The highest BCUT2D eigenvalue weighted by atomic mass is 32.2. The van der Waals surface area contributed by atoms with E-state index in [-0.39, 0.29) is 24.9 Å². The second-order valence-corrected chi connectivity index (χ2v) is 9.68. The van der Waals surface area contributed by atoms with Gasteiger partial charge in [0, 0.05) is 29.0 Å². The fraction of sp³-hybridized carbons (Fsp3) is 0.192. The average Bonchev–Trinajstić information content (AvgIpc) is 3.20. The fourth-order valence-corrected chi connectivity index (χ4v) is 5.91. The summed E-state index contributed by atoms with van der Waals surface area (Å²) in [6, 6.07) is 19.3. The van der Waals surface area contributed by atoms with E-state index in [0.29, 0.717) is 11.5 Å². The van der Waals surface area contributed by atoms with Crippen molar-refractivity contribution in [3.63, 3.8) is 0 Å². The first-order valence-electron chi connectivity index (χ1n) is 11.2. The number of nitrogens with zero attached hydrogens (tertiary/aromatic N) is 4. The Bertz CT molecular complexity index is 1460. The van der Waals surface area contributed by atoms with Crippen LogP contribution in [0.2, 0.25) is 0 Å².